The molecule has 0 aliphatic carbocycles. The normalized spacial score (nSPS) is 22.8. The molecule has 2 unspecified atom stereocenters. The minimum Gasteiger partial charge on any atom is -0.427 e. The number of nitrogens with zero attached hydrogens (tertiary/aromatic N) is 3. The molecule has 202 valence electrons. The number of ether oxygens (including phenoxy) is 1. The summed E-state index contributed by atoms with van der Waals surface area (Å²) in [6.07, 6.45) is -0.997. The minimum absolute atomic E-state index is 0.0766. The van der Waals surface area contributed by atoms with Crippen molar-refractivity contribution in [2.45, 2.75) is 75.7 Å². The van der Waals surface area contributed by atoms with Crippen LogP contribution in [0.4, 0.5) is 39.3 Å². The molecule has 37 heavy (non-hydrogen) atoms. The van der Waals surface area contributed by atoms with Crippen LogP contribution >= 0.6 is 0 Å². The third-order valence-electron chi connectivity index (χ3n) is 7.80. The number of methoxy groups -OCH3 is 1. The Hall–Kier alpha value is -2.89. The molecule has 1 aromatic carbocycles. The number of carbonyl (C=O) groups is 1. The quantitative estimate of drug-likeness (QED) is 0.483. The monoisotopic (exact) mass is 528 g/mol. The average molecular weight is 529 g/mol. The van der Waals surface area contributed by atoms with E-state index in [1.807, 2.05) is 6.92 Å². The van der Waals surface area contributed by atoms with E-state index in [4.69, 9.17) is 9.15 Å². The summed E-state index contributed by atoms with van der Waals surface area (Å²) in [5, 5.41) is 2.29. The van der Waals surface area contributed by atoms with Gasteiger partial charge in [-0.3, -0.25) is 4.79 Å². The molecule has 1 N–H and O–H groups in total. The molecule has 1 amide bonds. The van der Waals surface area contributed by atoms with E-state index in [9.17, 15) is 18.0 Å². The maximum absolute atomic E-state index is 15.1. The Morgan fingerprint density at radius 1 is 1.16 bits per heavy atom. The first kappa shape index (κ1) is 25.7. The van der Waals surface area contributed by atoms with Gasteiger partial charge in [-0.15, -0.1) is 0 Å². The van der Waals surface area contributed by atoms with Gasteiger partial charge >= 0.3 is 6.18 Å². The number of piperidine rings is 1. The second-order valence-corrected chi connectivity index (χ2v) is 10.1. The lowest BCUT2D eigenvalue weighted by Crippen LogP contribution is -2.62. The highest BCUT2D eigenvalue weighted by Crippen LogP contribution is 2.42. The van der Waals surface area contributed by atoms with E-state index >= 15 is 8.78 Å². The van der Waals surface area contributed by atoms with E-state index in [-0.39, 0.29) is 29.5 Å². The van der Waals surface area contributed by atoms with Gasteiger partial charge in [-0.2, -0.15) is 18.2 Å². The number of carbonyl (C=O) groups excluding carboxylic acids is 1. The molecule has 3 aliphatic rings. The van der Waals surface area contributed by atoms with Crippen molar-refractivity contribution in [1.82, 2.24) is 4.98 Å². The van der Waals surface area contributed by atoms with Crippen LogP contribution in [0.2, 0.25) is 0 Å². The second-order valence-electron chi connectivity index (χ2n) is 10.1. The number of rotatable bonds is 7. The van der Waals surface area contributed by atoms with Crippen LogP contribution in [0.3, 0.4) is 0 Å². The van der Waals surface area contributed by atoms with Gasteiger partial charge in [-0.1, -0.05) is 6.92 Å². The number of alkyl halides is 3. The van der Waals surface area contributed by atoms with Crippen molar-refractivity contribution in [3.8, 4) is 0 Å². The van der Waals surface area contributed by atoms with Gasteiger partial charge in [0.2, 0.25) is 0 Å². The third kappa shape index (κ3) is 4.87. The Labute approximate surface area is 210 Å². The highest BCUT2D eigenvalue weighted by Gasteiger charge is 2.45. The van der Waals surface area contributed by atoms with Gasteiger partial charge in [0.25, 0.3) is 11.9 Å². The van der Waals surface area contributed by atoms with E-state index in [2.05, 4.69) is 10.3 Å². The fourth-order valence-electron chi connectivity index (χ4n) is 5.79. The Morgan fingerprint density at radius 3 is 2.32 bits per heavy atom. The summed E-state index contributed by atoms with van der Waals surface area (Å²) in [7, 11) is 1.55. The SMILES string of the molecule is CCC1(OC)CN(c2nc(C(=O)Nc3cc(F)c(N4C5CCCC4CC5)c(F)c3)c(CC(F)(F)F)o2)C1. The first-order valence-electron chi connectivity index (χ1n) is 12.5. The van der Waals surface area contributed by atoms with E-state index in [0.717, 1.165) is 44.2 Å². The highest BCUT2D eigenvalue weighted by atomic mass is 19.4. The van der Waals surface area contributed by atoms with Gasteiger partial charge in [0.05, 0.1) is 13.1 Å². The number of aromatic nitrogens is 1. The zero-order chi connectivity index (χ0) is 26.5. The largest absolute Gasteiger partial charge is 0.427 e. The van der Waals surface area contributed by atoms with Crippen LogP contribution in [0, 0.1) is 11.6 Å². The maximum Gasteiger partial charge on any atom is 0.396 e. The molecule has 5 rings (SSSR count). The van der Waals surface area contributed by atoms with Gasteiger partial charge in [0, 0.05) is 24.9 Å². The molecule has 3 fully saturated rings. The van der Waals surface area contributed by atoms with Gasteiger partial charge in [0.1, 0.15) is 23.5 Å². The average Bonchev–Trinajstić information content (AvgIpc) is 3.28. The van der Waals surface area contributed by atoms with Crippen LogP contribution in [0.25, 0.3) is 0 Å². The summed E-state index contributed by atoms with van der Waals surface area (Å²) in [5.74, 6) is -3.38. The van der Waals surface area contributed by atoms with E-state index in [0.29, 0.717) is 19.5 Å². The molecule has 2 aromatic rings. The summed E-state index contributed by atoms with van der Waals surface area (Å²) < 4.78 is 80.6. The molecule has 7 nitrogen and oxygen atoms in total. The summed E-state index contributed by atoms with van der Waals surface area (Å²) >= 11 is 0. The zero-order valence-corrected chi connectivity index (χ0v) is 20.6. The van der Waals surface area contributed by atoms with Crippen molar-refractivity contribution >= 4 is 23.3 Å². The van der Waals surface area contributed by atoms with Gasteiger partial charge in [-0.05, 0) is 50.7 Å². The van der Waals surface area contributed by atoms with Crippen molar-refractivity contribution in [3.05, 3.63) is 35.2 Å². The lowest BCUT2D eigenvalue weighted by atomic mass is 9.91. The van der Waals surface area contributed by atoms with E-state index < -0.39 is 47.2 Å². The predicted molar refractivity (Wildman–Crippen MR) is 126 cm³/mol. The van der Waals surface area contributed by atoms with E-state index in [1.54, 1.807) is 16.9 Å². The van der Waals surface area contributed by atoms with Crippen LogP contribution < -0.4 is 15.1 Å². The molecule has 3 aliphatic heterocycles. The van der Waals surface area contributed by atoms with Crippen LogP contribution in [0.5, 0.6) is 0 Å². The van der Waals surface area contributed by atoms with Crippen LogP contribution in [0.15, 0.2) is 16.5 Å². The number of amides is 1. The first-order valence-corrected chi connectivity index (χ1v) is 12.5. The van der Waals surface area contributed by atoms with Crippen molar-refractivity contribution in [2.75, 3.05) is 35.3 Å². The van der Waals surface area contributed by atoms with Crippen LogP contribution in [-0.2, 0) is 11.2 Å². The van der Waals surface area contributed by atoms with Crippen LogP contribution in [0.1, 0.15) is 61.7 Å². The highest BCUT2D eigenvalue weighted by molar-refractivity contribution is 6.04. The van der Waals surface area contributed by atoms with Crippen molar-refractivity contribution in [1.29, 1.82) is 0 Å². The van der Waals surface area contributed by atoms with Crippen molar-refractivity contribution in [3.63, 3.8) is 0 Å². The maximum atomic E-state index is 15.1. The summed E-state index contributed by atoms with van der Waals surface area (Å²) in [5.41, 5.74) is -1.39. The number of hydrogen-bond donors (Lipinski definition) is 1. The van der Waals surface area contributed by atoms with Gasteiger partial charge < -0.3 is 24.3 Å². The fraction of sp³-hybridized carbons (Fsp3) is 0.600. The van der Waals surface area contributed by atoms with Crippen molar-refractivity contribution < 1.29 is 35.9 Å². The predicted octanol–water partition coefficient (Wildman–Crippen LogP) is 5.45. The topological polar surface area (TPSA) is 70.8 Å². The van der Waals surface area contributed by atoms with Gasteiger partial charge in [-0.25, -0.2) is 8.78 Å². The molecule has 4 heterocycles. The number of benzene rings is 1. The molecule has 12 heteroatoms. The summed E-state index contributed by atoms with van der Waals surface area (Å²) in [4.78, 5) is 20.3. The number of hydrogen-bond acceptors (Lipinski definition) is 6. The van der Waals surface area contributed by atoms with Crippen molar-refractivity contribution in [2.24, 2.45) is 0 Å². The first-order chi connectivity index (χ1) is 17.5. The molecular weight excluding hydrogens is 499 g/mol. The summed E-state index contributed by atoms with van der Waals surface area (Å²) in [6, 6.07) is 1.98. The molecule has 1 aromatic heterocycles. The number of nitrogens with one attached hydrogen (secondary N) is 1. The lowest BCUT2D eigenvalue weighted by molar-refractivity contribution is -0.130. The molecule has 0 saturated carbocycles. The second kappa shape index (κ2) is 9.45. The Balaban J connectivity index is 1.38. The Morgan fingerprint density at radius 2 is 1.78 bits per heavy atom. The minimum atomic E-state index is -4.66. The number of halogens is 5. The Kier molecular flexibility index (Phi) is 6.57. The van der Waals surface area contributed by atoms with Gasteiger partial charge in [0.15, 0.2) is 17.3 Å². The zero-order valence-electron chi connectivity index (χ0n) is 20.6. The molecule has 3 saturated heterocycles. The van der Waals surface area contributed by atoms with E-state index in [1.165, 1.54) is 0 Å². The molecule has 0 spiro atoms. The standard InChI is InChI=1S/C25H29F5N4O3/c1-3-24(36-2)12-33(13-24)23-32-20(19(37-23)11-25(28,29)30)22(35)31-14-9-17(26)21(18(27)10-14)34-15-5-4-6-16(34)8-7-15/h9-10,15-16H,3-8,11-13H2,1-2H3,(H,31,35). The third-order valence-corrected chi connectivity index (χ3v) is 7.80. The number of oxazole rings is 1. The van der Waals surface area contributed by atoms with Crippen LogP contribution in [-0.4, -0.2) is 55.0 Å². The Bertz CT molecular complexity index is 1130. The molecular formula is C25H29F5N4O3. The fourth-order valence-corrected chi connectivity index (χ4v) is 5.79. The summed E-state index contributed by atoms with van der Waals surface area (Å²) in [6.45, 7) is 2.59. The molecule has 2 bridgehead atoms. The molecule has 2 atom stereocenters. The lowest BCUT2D eigenvalue weighted by Gasteiger charge is -2.47. The molecule has 0 radical (unpaired) electrons. The smallest absolute Gasteiger partial charge is 0.396 e. The number of anilines is 3. The number of fused-ring (bicyclic) bond motifs is 2.